The Morgan fingerprint density at radius 2 is 2.07 bits per heavy atom. The lowest BCUT2D eigenvalue weighted by molar-refractivity contribution is -0.168. The van der Waals surface area contributed by atoms with Gasteiger partial charge in [-0.15, -0.1) is 0 Å². The van der Waals surface area contributed by atoms with Gasteiger partial charge in [0.05, 0.1) is 13.2 Å². The zero-order valence-electron chi connectivity index (χ0n) is 8.09. The molecule has 1 unspecified atom stereocenters. The van der Waals surface area contributed by atoms with Gasteiger partial charge in [-0.25, -0.2) is 0 Å². The predicted octanol–water partition coefficient (Wildman–Crippen LogP) is -2.34. The second kappa shape index (κ2) is 5.59. The molecule has 0 aromatic heterocycles. The molecule has 1 heterocycles. The fourth-order valence-corrected chi connectivity index (χ4v) is 1.28. The second-order valence-electron chi connectivity index (χ2n) is 3.18. The lowest BCUT2D eigenvalue weighted by atomic mass is 10.1. The van der Waals surface area contributed by atoms with E-state index < -0.39 is 24.6 Å². The fourth-order valence-electron chi connectivity index (χ4n) is 1.28. The smallest absolute Gasteiger partial charge is 0.186 e. The van der Waals surface area contributed by atoms with Crippen molar-refractivity contribution in [2.75, 3.05) is 26.8 Å². The lowest BCUT2D eigenvalue weighted by Crippen LogP contribution is -2.35. The molecule has 84 valence electrons. The third-order valence-electron chi connectivity index (χ3n) is 2.13. The van der Waals surface area contributed by atoms with Crippen LogP contribution in [0.5, 0.6) is 0 Å². The molecule has 0 spiro atoms. The average Bonchev–Trinajstić information content (AvgIpc) is 2.46. The molecule has 0 aromatic carbocycles. The molecule has 6 nitrogen and oxygen atoms in total. The highest BCUT2D eigenvalue weighted by Crippen LogP contribution is 2.21. The Bertz CT molecular complexity index is 168. The van der Waals surface area contributed by atoms with Gasteiger partial charge in [-0.3, -0.25) is 0 Å². The Morgan fingerprint density at radius 1 is 1.36 bits per heavy atom. The van der Waals surface area contributed by atoms with Crippen LogP contribution in [-0.2, 0) is 9.47 Å². The third kappa shape index (κ3) is 2.63. The number of hydrogen-bond acceptors (Lipinski definition) is 6. The van der Waals surface area contributed by atoms with Crippen molar-refractivity contribution in [1.29, 1.82) is 0 Å². The second-order valence-corrected chi connectivity index (χ2v) is 3.18. The summed E-state index contributed by atoms with van der Waals surface area (Å²) in [5.41, 5.74) is 0. The molecule has 1 aliphatic heterocycles. The van der Waals surface area contributed by atoms with Crippen LogP contribution < -0.4 is 5.32 Å². The molecular weight excluding hydrogens is 190 g/mol. The van der Waals surface area contributed by atoms with E-state index in [2.05, 4.69) is 5.32 Å². The molecule has 0 amide bonds. The molecule has 0 saturated carbocycles. The van der Waals surface area contributed by atoms with Crippen LogP contribution >= 0.6 is 0 Å². The average molecular weight is 207 g/mol. The largest absolute Gasteiger partial charge is 0.394 e. The maximum atomic E-state index is 9.43. The van der Waals surface area contributed by atoms with Gasteiger partial charge in [-0.1, -0.05) is 0 Å². The Balaban J connectivity index is 2.32. The summed E-state index contributed by atoms with van der Waals surface area (Å²) in [6.45, 7) is 0.680. The van der Waals surface area contributed by atoms with Crippen molar-refractivity contribution in [1.82, 2.24) is 5.32 Å². The summed E-state index contributed by atoms with van der Waals surface area (Å²) in [5.74, 6) is 0. The van der Waals surface area contributed by atoms with E-state index >= 15 is 0 Å². The highest BCUT2D eigenvalue weighted by atomic mass is 16.7. The molecule has 1 aliphatic rings. The fraction of sp³-hybridized carbons (Fsp3) is 1.00. The number of rotatable bonds is 5. The zero-order chi connectivity index (χ0) is 10.6. The number of aliphatic hydroxyl groups excluding tert-OH is 3. The molecule has 1 saturated heterocycles. The maximum absolute atomic E-state index is 9.43. The van der Waals surface area contributed by atoms with Gasteiger partial charge in [0.25, 0.3) is 0 Å². The quantitative estimate of drug-likeness (QED) is 0.378. The van der Waals surface area contributed by atoms with Crippen molar-refractivity contribution >= 4 is 0 Å². The van der Waals surface area contributed by atoms with Crippen LogP contribution in [0.25, 0.3) is 0 Å². The van der Waals surface area contributed by atoms with E-state index in [4.69, 9.17) is 14.6 Å². The van der Waals surface area contributed by atoms with Gasteiger partial charge >= 0.3 is 0 Å². The molecular formula is C8H17NO5. The van der Waals surface area contributed by atoms with Gasteiger partial charge in [0.1, 0.15) is 18.3 Å². The van der Waals surface area contributed by atoms with Gasteiger partial charge in [0, 0.05) is 6.54 Å². The highest BCUT2D eigenvalue weighted by Gasteiger charge is 2.42. The van der Waals surface area contributed by atoms with E-state index in [1.807, 2.05) is 0 Å². The minimum Gasteiger partial charge on any atom is -0.394 e. The normalized spacial score (nSPS) is 37.7. The summed E-state index contributed by atoms with van der Waals surface area (Å²) in [7, 11) is 1.78. The highest BCUT2D eigenvalue weighted by molar-refractivity contribution is 4.86. The van der Waals surface area contributed by atoms with Gasteiger partial charge < -0.3 is 30.1 Å². The van der Waals surface area contributed by atoms with Crippen LogP contribution in [0.3, 0.4) is 0 Å². The molecule has 0 aromatic rings. The van der Waals surface area contributed by atoms with Crippen molar-refractivity contribution in [3.8, 4) is 0 Å². The minimum atomic E-state index is -1.09. The standard InChI is InChI=1S/C8H17NO5/c1-9-2-3-13-8-7(12)6(11)5(4-10)14-8/h5-12H,2-4H2,1H3/t5?,6-,7-,8-/m1/s1. The molecule has 0 bridgehead atoms. The van der Waals surface area contributed by atoms with Gasteiger partial charge in [0.2, 0.25) is 0 Å². The first-order chi connectivity index (χ1) is 6.70. The number of ether oxygens (including phenoxy) is 2. The maximum Gasteiger partial charge on any atom is 0.186 e. The lowest BCUT2D eigenvalue weighted by Gasteiger charge is -2.14. The molecule has 0 aliphatic carbocycles. The van der Waals surface area contributed by atoms with Gasteiger partial charge in [0.15, 0.2) is 6.29 Å². The minimum absolute atomic E-state index is 0.329. The van der Waals surface area contributed by atoms with E-state index in [0.29, 0.717) is 13.2 Å². The summed E-state index contributed by atoms with van der Waals surface area (Å²) in [6.07, 6.45) is -3.79. The van der Waals surface area contributed by atoms with E-state index in [9.17, 15) is 10.2 Å². The number of likely N-dealkylation sites (N-methyl/N-ethyl adjacent to an activating group) is 1. The topological polar surface area (TPSA) is 91.2 Å². The van der Waals surface area contributed by atoms with Crippen molar-refractivity contribution in [3.05, 3.63) is 0 Å². The molecule has 4 atom stereocenters. The van der Waals surface area contributed by atoms with E-state index in [0.717, 1.165) is 0 Å². The Morgan fingerprint density at radius 3 is 2.57 bits per heavy atom. The molecule has 14 heavy (non-hydrogen) atoms. The Hall–Kier alpha value is -0.240. The van der Waals surface area contributed by atoms with Crippen molar-refractivity contribution in [2.45, 2.75) is 24.6 Å². The van der Waals surface area contributed by atoms with Gasteiger partial charge in [-0.05, 0) is 7.05 Å². The monoisotopic (exact) mass is 207 g/mol. The van der Waals surface area contributed by atoms with Crippen LogP contribution in [0.2, 0.25) is 0 Å². The number of nitrogens with one attached hydrogen (secondary N) is 1. The van der Waals surface area contributed by atoms with Crippen LogP contribution in [-0.4, -0.2) is 66.7 Å². The number of hydrogen-bond donors (Lipinski definition) is 4. The summed E-state index contributed by atoms with van der Waals surface area (Å²) >= 11 is 0. The first kappa shape index (κ1) is 11.8. The van der Waals surface area contributed by atoms with Crippen LogP contribution in [0.15, 0.2) is 0 Å². The molecule has 4 N–H and O–H groups in total. The molecule has 1 fully saturated rings. The summed E-state index contributed by atoms with van der Waals surface area (Å²) in [6, 6.07) is 0. The first-order valence-corrected chi connectivity index (χ1v) is 4.59. The van der Waals surface area contributed by atoms with Crippen LogP contribution in [0, 0.1) is 0 Å². The van der Waals surface area contributed by atoms with E-state index in [1.54, 1.807) is 7.05 Å². The third-order valence-corrected chi connectivity index (χ3v) is 2.13. The van der Waals surface area contributed by atoms with Crippen molar-refractivity contribution in [3.63, 3.8) is 0 Å². The van der Waals surface area contributed by atoms with E-state index in [1.165, 1.54) is 0 Å². The Labute approximate surface area is 82.4 Å². The molecule has 1 rings (SSSR count). The summed E-state index contributed by atoms with van der Waals surface area (Å²) in [4.78, 5) is 0. The molecule has 0 radical (unpaired) electrons. The van der Waals surface area contributed by atoms with Crippen molar-refractivity contribution in [2.24, 2.45) is 0 Å². The number of aliphatic hydroxyl groups is 3. The summed E-state index contributed by atoms with van der Waals surface area (Å²) in [5, 5.41) is 30.4. The van der Waals surface area contributed by atoms with E-state index in [-0.39, 0.29) is 6.61 Å². The summed E-state index contributed by atoms with van der Waals surface area (Å²) < 4.78 is 10.2. The SMILES string of the molecule is CNCCO[C@@H]1OC(CO)[C@@H](O)[C@H]1O. The van der Waals surface area contributed by atoms with Crippen molar-refractivity contribution < 1.29 is 24.8 Å². The van der Waals surface area contributed by atoms with Crippen LogP contribution in [0.4, 0.5) is 0 Å². The van der Waals surface area contributed by atoms with Gasteiger partial charge in [-0.2, -0.15) is 0 Å². The molecule has 6 heteroatoms. The Kier molecular flexibility index (Phi) is 4.73. The zero-order valence-corrected chi connectivity index (χ0v) is 8.09. The predicted molar refractivity (Wildman–Crippen MR) is 47.6 cm³/mol. The van der Waals surface area contributed by atoms with Crippen LogP contribution in [0.1, 0.15) is 0 Å². The first-order valence-electron chi connectivity index (χ1n) is 4.59.